The van der Waals surface area contributed by atoms with Crippen molar-refractivity contribution in [1.29, 1.82) is 0 Å². The van der Waals surface area contributed by atoms with E-state index in [4.69, 9.17) is 0 Å². The monoisotopic (exact) mass is 240 g/mol. The maximum absolute atomic E-state index is 11.7. The molecule has 1 heterocycles. The molecule has 2 rings (SSSR count). The molecule has 1 aliphatic carbocycles. The predicted octanol–water partition coefficient (Wildman–Crippen LogP) is -1.67. The van der Waals surface area contributed by atoms with Crippen LogP contribution in [0.4, 0.5) is 0 Å². The molecule has 4 N–H and O–H groups in total. The number of piperazine rings is 1. The Morgan fingerprint density at radius 1 is 1.24 bits per heavy atom. The van der Waals surface area contributed by atoms with Gasteiger partial charge in [-0.3, -0.25) is 9.59 Å². The first-order chi connectivity index (χ1) is 8.15. The van der Waals surface area contributed by atoms with Crippen molar-refractivity contribution in [2.24, 2.45) is 0 Å². The number of carbonyl (C=O) groups excluding carboxylic acids is 2. The van der Waals surface area contributed by atoms with Gasteiger partial charge in [-0.15, -0.1) is 0 Å². The Morgan fingerprint density at radius 3 is 2.59 bits per heavy atom. The van der Waals surface area contributed by atoms with Crippen molar-refractivity contribution in [3.63, 3.8) is 0 Å². The van der Waals surface area contributed by atoms with Gasteiger partial charge in [-0.05, 0) is 19.8 Å². The molecule has 1 aliphatic heterocycles. The lowest BCUT2D eigenvalue weighted by atomic mass is 10.1. The van der Waals surface area contributed by atoms with Crippen LogP contribution in [-0.4, -0.2) is 49.6 Å². The summed E-state index contributed by atoms with van der Waals surface area (Å²) in [7, 11) is 0. The van der Waals surface area contributed by atoms with Gasteiger partial charge in [0.25, 0.3) is 0 Å². The van der Waals surface area contributed by atoms with Crippen LogP contribution in [0.3, 0.4) is 0 Å². The van der Waals surface area contributed by atoms with Gasteiger partial charge in [-0.2, -0.15) is 0 Å². The second-order valence-electron chi connectivity index (χ2n) is 4.83. The minimum Gasteiger partial charge on any atom is -0.352 e. The largest absolute Gasteiger partial charge is 0.352 e. The van der Waals surface area contributed by atoms with E-state index in [1.165, 1.54) is 0 Å². The van der Waals surface area contributed by atoms with Crippen LogP contribution in [0.15, 0.2) is 0 Å². The molecule has 2 atom stereocenters. The van der Waals surface area contributed by atoms with Crippen molar-refractivity contribution >= 4 is 11.8 Å². The van der Waals surface area contributed by atoms with E-state index in [0.29, 0.717) is 18.6 Å². The molecule has 1 saturated heterocycles. The second-order valence-corrected chi connectivity index (χ2v) is 4.83. The summed E-state index contributed by atoms with van der Waals surface area (Å²) in [6.07, 6.45) is 2.12. The number of carbonyl (C=O) groups is 2. The summed E-state index contributed by atoms with van der Waals surface area (Å²) in [6, 6.07) is 0.492. The molecule has 2 unspecified atom stereocenters. The normalized spacial score (nSPS) is 28.5. The van der Waals surface area contributed by atoms with E-state index >= 15 is 0 Å². The zero-order valence-corrected chi connectivity index (χ0v) is 10.1. The highest BCUT2D eigenvalue weighted by atomic mass is 16.2. The fraction of sp³-hybridized carbons (Fsp3) is 0.818. The van der Waals surface area contributed by atoms with Gasteiger partial charge in [-0.25, -0.2) is 0 Å². The quantitative estimate of drug-likeness (QED) is 0.474. The van der Waals surface area contributed by atoms with E-state index < -0.39 is 0 Å². The van der Waals surface area contributed by atoms with E-state index in [2.05, 4.69) is 28.2 Å². The summed E-state index contributed by atoms with van der Waals surface area (Å²) in [4.78, 5) is 23.1. The number of hydrogen-bond acceptors (Lipinski definition) is 4. The number of nitrogens with one attached hydrogen (secondary N) is 4. The van der Waals surface area contributed by atoms with E-state index in [1.807, 2.05) is 0 Å². The summed E-state index contributed by atoms with van der Waals surface area (Å²) in [5.41, 5.74) is 0. The van der Waals surface area contributed by atoms with Crippen LogP contribution in [0.1, 0.15) is 19.8 Å². The third-order valence-electron chi connectivity index (χ3n) is 3.02. The predicted molar refractivity (Wildman–Crippen MR) is 63.4 cm³/mol. The standard InChI is InChI=1S/C11H20N4O2/c1-7-4-13-9(5-12-7)11(17)14-6-10(16)15-8-2-3-8/h7-9,12-13H,2-6H2,1H3,(H,14,17)(H,15,16). The second kappa shape index (κ2) is 5.46. The van der Waals surface area contributed by atoms with Crippen molar-refractivity contribution in [3.8, 4) is 0 Å². The number of rotatable bonds is 4. The minimum atomic E-state index is -0.236. The SMILES string of the molecule is CC1CNC(C(=O)NCC(=O)NC2CC2)CN1. The Balaban J connectivity index is 1.64. The van der Waals surface area contributed by atoms with Gasteiger partial charge >= 0.3 is 0 Å². The fourth-order valence-corrected chi connectivity index (χ4v) is 1.76. The molecule has 0 bridgehead atoms. The van der Waals surface area contributed by atoms with Gasteiger partial charge in [0, 0.05) is 25.2 Å². The first-order valence-corrected chi connectivity index (χ1v) is 6.19. The minimum absolute atomic E-state index is 0.0725. The van der Waals surface area contributed by atoms with Gasteiger partial charge in [-0.1, -0.05) is 0 Å². The molecule has 6 nitrogen and oxygen atoms in total. The number of amides is 2. The summed E-state index contributed by atoms with van der Waals surface area (Å²) in [5.74, 6) is -0.215. The molecule has 17 heavy (non-hydrogen) atoms. The third-order valence-corrected chi connectivity index (χ3v) is 3.02. The van der Waals surface area contributed by atoms with Crippen LogP contribution in [0.25, 0.3) is 0 Å². The van der Waals surface area contributed by atoms with Crippen LogP contribution < -0.4 is 21.3 Å². The lowest BCUT2D eigenvalue weighted by Crippen LogP contribution is -2.59. The maximum Gasteiger partial charge on any atom is 0.239 e. The highest BCUT2D eigenvalue weighted by Crippen LogP contribution is 2.18. The van der Waals surface area contributed by atoms with Crippen molar-refractivity contribution in [2.75, 3.05) is 19.6 Å². The Kier molecular flexibility index (Phi) is 3.96. The zero-order valence-electron chi connectivity index (χ0n) is 10.1. The molecule has 0 aromatic heterocycles. The van der Waals surface area contributed by atoms with Gasteiger partial charge in [0.2, 0.25) is 11.8 Å². The highest BCUT2D eigenvalue weighted by Gasteiger charge is 2.25. The maximum atomic E-state index is 11.7. The Hall–Kier alpha value is -1.14. The third kappa shape index (κ3) is 3.98. The molecule has 2 fully saturated rings. The smallest absolute Gasteiger partial charge is 0.239 e. The van der Waals surface area contributed by atoms with E-state index in [1.54, 1.807) is 0 Å². The number of hydrogen-bond donors (Lipinski definition) is 4. The molecular weight excluding hydrogens is 220 g/mol. The molecule has 2 aliphatic rings. The molecular formula is C11H20N4O2. The van der Waals surface area contributed by atoms with Crippen molar-refractivity contribution in [3.05, 3.63) is 0 Å². The van der Waals surface area contributed by atoms with Crippen molar-refractivity contribution in [2.45, 2.75) is 37.9 Å². The lowest BCUT2D eigenvalue weighted by Gasteiger charge is -2.28. The first-order valence-electron chi connectivity index (χ1n) is 6.19. The van der Waals surface area contributed by atoms with Crippen molar-refractivity contribution in [1.82, 2.24) is 21.3 Å². The summed E-state index contributed by atoms with van der Waals surface area (Å²) < 4.78 is 0. The molecule has 0 aromatic rings. The van der Waals surface area contributed by atoms with Crippen LogP contribution in [0.2, 0.25) is 0 Å². The molecule has 96 valence electrons. The Bertz CT molecular complexity index is 296. The highest BCUT2D eigenvalue weighted by molar-refractivity contribution is 5.87. The summed E-state index contributed by atoms with van der Waals surface area (Å²) >= 11 is 0. The molecule has 0 radical (unpaired) electrons. The fourth-order valence-electron chi connectivity index (χ4n) is 1.76. The van der Waals surface area contributed by atoms with Crippen LogP contribution >= 0.6 is 0 Å². The zero-order chi connectivity index (χ0) is 12.3. The van der Waals surface area contributed by atoms with Crippen LogP contribution in [0.5, 0.6) is 0 Å². The van der Waals surface area contributed by atoms with Crippen molar-refractivity contribution < 1.29 is 9.59 Å². The van der Waals surface area contributed by atoms with Crippen LogP contribution in [-0.2, 0) is 9.59 Å². The van der Waals surface area contributed by atoms with E-state index in [9.17, 15) is 9.59 Å². The lowest BCUT2D eigenvalue weighted by molar-refractivity contribution is -0.127. The Morgan fingerprint density at radius 2 is 2.00 bits per heavy atom. The van der Waals surface area contributed by atoms with E-state index in [0.717, 1.165) is 19.4 Å². The topological polar surface area (TPSA) is 82.3 Å². The van der Waals surface area contributed by atoms with Gasteiger partial charge < -0.3 is 21.3 Å². The first kappa shape index (κ1) is 12.3. The van der Waals surface area contributed by atoms with Crippen LogP contribution in [0, 0.1) is 0 Å². The molecule has 2 amide bonds. The van der Waals surface area contributed by atoms with Gasteiger partial charge in [0.05, 0.1) is 12.6 Å². The van der Waals surface area contributed by atoms with E-state index in [-0.39, 0.29) is 24.4 Å². The molecule has 0 spiro atoms. The van der Waals surface area contributed by atoms with Gasteiger partial charge in [0.1, 0.15) is 0 Å². The van der Waals surface area contributed by atoms with Gasteiger partial charge in [0.15, 0.2) is 0 Å². The summed E-state index contributed by atoms with van der Waals surface area (Å²) in [5, 5.41) is 11.8. The molecule has 0 aromatic carbocycles. The Labute approximate surface area is 101 Å². The average Bonchev–Trinajstić information content (AvgIpc) is 3.11. The average molecular weight is 240 g/mol. The molecule has 1 saturated carbocycles. The summed E-state index contributed by atoms with van der Waals surface area (Å²) in [6.45, 7) is 3.51. The molecule has 6 heteroatoms.